The Hall–Kier alpha value is -1.86. The van der Waals surface area contributed by atoms with E-state index in [1.807, 2.05) is 0 Å². The van der Waals surface area contributed by atoms with Gasteiger partial charge in [0.2, 0.25) is 0 Å². The van der Waals surface area contributed by atoms with Crippen LogP contribution in [-0.2, 0) is 0 Å². The largest absolute Gasteiger partial charge is 0.487 e. The van der Waals surface area contributed by atoms with Gasteiger partial charge in [0, 0.05) is 17.8 Å². The average molecular weight is 270 g/mol. The Labute approximate surface area is 111 Å². The molecule has 3 N–H and O–H groups in total. The van der Waals surface area contributed by atoms with Crippen LogP contribution in [0.4, 0.5) is 11.4 Å². The first kappa shape index (κ1) is 15.2. The molecule has 19 heavy (non-hydrogen) atoms. The first-order chi connectivity index (χ1) is 8.95. The summed E-state index contributed by atoms with van der Waals surface area (Å²) in [6.07, 6.45) is 0. The Kier molecular flexibility index (Phi) is 5.08. The van der Waals surface area contributed by atoms with E-state index in [0.717, 1.165) is 0 Å². The molecule has 0 atom stereocenters. The smallest absolute Gasteiger partial charge is 0.311 e. The zero-order chi connectivity index (χ0) is 14.5. The van der Waals surface area contributed by atoms with Gasteiger partial charge in [0.25, 0.3) is 0 Å². The number of ether oxygens (including phenoxy) is 1. The van der Waals surface area contributed by atoms with Crippen molar-refractivity contribution in [1.29, 1.82) is 0 Å². The van der Waals surface area contributed by atoms with Gasteiger partial charge in [0.15, 0.2) is 5.75 Å². The van der Waals surface area contributed by atoms with Crippen LogP contribution in [0.5, 0.6) is 5.75 Å². The highest BCUT2D eigenvalue weighted by Gasteiger charge is 2.23. The lowest BCUT2D eigenvalue weighted by Crippen LogP contribution is -2.42. The first-order valence-electron chi connectivity index (χ1n) is 5.87. The summed E-state index contributed by atoms with van der Waals surface area (Å²) in [6, 6.07) is 4.30. The van der Waals surface area contributed by atoms with Gasteiger partial charge in [-0.2, -0.15) is 0 Å². The van der Waals surface area contributed by atoms with E-state index in [2.05, 4.69) is 5.32 Å². The molecule has 1 rings (SSSR count). The third kappa shape index (κ3) is 3.80. The standard InChI is InChI=1S/C12H18N2O5/c1-3-19-11-6-9(4-5-10(11)14(17)18)13-12(2,7-15)8-16/h4-6,13,15-16H,3,7-8H2,1-2H3. The van der Waals surface area contributed by atoms with Crippen LogP contribution >= 0.6 is 0 Å². The first-order valence-corrected chi connectivity index (χ1v) is 5.87. The zero-order valence-electron chi connectivity index (χ0n) is 10.9. The molecule has 0 fully saturated rings. The summed E-state index contributed by atoms with van der Waals surface area (Å²) < 4.78 is 5.21. The number of nitro benzene ring substituents is 1. The fourth-order valence-electron chi connectivity index (χ4n) is 1.49. The molecule has 1 aromatic rings. The molecule has 0 aliphatic rings. The second-order valence-corrected chi connectivity index (χ2v) is 4.37. The monoisotopic (exact) mass is 270 g/mol. The topological polar surface area (TPSA) is 105 Å². The van der Waals surface area contributed by atoms with E-state index in [1.165, 1.54) is 18.2 Å². The number of hydrogen-bond donors (Lipinski definition) is 3. The highest BCUT2D eigenvalue weighted by atomic mass is 16.6. The summed E-state index contributed by atoms with van der Waals surface area (Å²) >= 11 is 0. The molecule has 7 nitrogen and oxygen atoms in total. The number of nitro groups is 1. The predicted molar refractivity (Wildman–Crippen MR) is 70.5 cm³/mol. The summed E-state index contributed by atoms with van der Waals surface area (Å²) in [5, 5.41) is 32.1. The van der Waals surface area contributed by atoms with Crippen LogP contribution in [0.1, 0.15) is 13.8 Å². The van der Waals surface area contributed by atoms with Gasteiger partial charge in [-0.05, 0) is 19.9 Å². The molecular weight excluding hydrogens is 252 g/mol. The van der Waals surface area contributed by atoms with Crippen molar-refractivity contribution in [1.82, 2.24) is 0 Å². The number of nitrogens with one attached hydrogen (secondary N) is 1. The van der Waals surface area contributed by atoms with E-state index in [0.29, 0.717) is 12.3 Å². The predicted octanol–water partition coefficient (Wildman–Crippen LogP) is 1.15. The van der Waals surface area contributed by atoms with Crippen LogP contribution in [0.2, 0.25) is 0 Å². The minimum absolute atomic E-state index is 0.123. The van der Waals surface area contributed by atoms with Gasteiger partial charge in [0.1, 0.15) is 0 Å². The second-order valence-electron chi connectivity index (χ2n) is 4.37. The minimum atomic E-state index is -0.903. The quantitative estimate of drug-likeness (QED) is 0.507. The molecule has 0 saturated heterocycles. The van der Waals surface area contributed by atoms with Gasteiger partial charge in [-0.1, -0.05) is 0 Å². The Morgan fingerprint density at radius 1 is 1.42 bits per heavy atom. The summed E-state index contributed by atoms with van der Waals surface area (Å²) in [6.45, 7) is 3.13. The van der Waals surface area contributed by atoms with Crippen molar-refractivity contribution >= 4 is 11.4 Å². The zero-order valence-corrected chi connectivity index (χ0v) is 10.9. The van der Waals surface area contributed by atoms with Gasteiger partial charge in [-0.3, -0.25) is 10.1 Å². The van der Waals surface area contributed by atoms with Crippen LogP contribution < -0.4 is 10.1 Å². The summed E-state index contributed by atoms with van der Waals surface area (Å²) in [5.41, 5.74) is -0.499. The van der Waals surface area contributed by atoms with E-state index >= 15 is 0 Å². The van der Waals surface area contributed by atoms with Crippen molar-refractivity contribution in [2.45, 2.75) is 19.4 Å². The van der Waals surface area contributed by atoms with E-state index in [4.69, 9.17) is 4.74 Å². The molecule has 7 heteroatoms. The molecule has 0 heterocycles. The molecule has 0 radical (unpaired) electrons. The van der Waals surface area contributed by atoms with Gasteiger partial charge < -0.3 is 20.3 Å². The third-order valence-electron chi connectivity index (χ3n) is 2.60. The fraction of sp³-hybridized carbons (Fsp3) is 0.500. The number of benzene rings is 1. The molecule has 0 saturated carbocycles. The van der Waals surface area contributed by atoms with Crippen LogP contribution in [0.15, 0.2) is 18.2 Å². The molecular formula is C12H18N2O5. The SMILES string of the molecule is CCOc1cc(NC(C)(CO)CO)ccc1[N+](=O)[O-]. The molecule has 0 aromatic heterocycles. The number of anilines is 1. The molecule has 0 amide bonds. The molecule has 0 bridgehead atoms. The molecule has 106 valence electrons. The van der Waals surface area contributed by atoms with Crippen LogP contribution in [0.3, 0.4) is 0 Å². The van der Waals surface area contributed by atoms with Crippen LogP contribution in [0, 0.1) is 10.1 Å². The van der Waals surface area contributed by atoms with Crippen molar-refractivity contribution in [3.8, 4) is 5.75 Å². The van der Waals surface area contributed by atoms with Gasteiger partial charge in [-0.25, -0.2) is 0 Å². The molecule has 0 aliphatic heterocycles. The van der Waals surface area contributed by atoms with E-state index in [9.17, 15) is 20.3 Å². The molecule has 1 aromatic carbocycles. The van der Waals surface area contributed by atoms with Crippen molar-refractivity contribution in [3.63, 3.8) is 0 Å². The Morgan fingerprint density at radius 2 is 2.05 bits per heavy atom. The van der Waals surface area contributed by atoms with Gasteiger partial charge in [0.05, 0.1) is 30.3 Å². The number of rotatable bonds is 7. The number of aliphatic hydroxyl groups excluding tert-OH is 2. The maximum absolute atomic E-state index is 10.8. The summed E-state index contributed by atoms with van der Waals surface area (Å²) in [5.74, 6) is 0.149. The summed E-state index contributed by atoms with van der Waals surface area (Å²) in [4.78, 5) is 10.3. The Bertz CT molecular complexity index is 446. The fourth-order valence-corrected chi connectivity index (χ4v) is 1.49. The lowest BCUT2D eigenvalue weighted by molar-refractivity contribution is -0.385. The van der Waals surface area contributed by atoms with Crippen molar-refractivity contribution in [3.05, 3.63) is 28.3 Å². The number of nitrogens with zero attached hydrogens (tertiary/aromatic N) is 1. The summed E-state index contributed by atoms with van der Waals surface area (Å²) in [7, 11) is 0. The van der Waals surface area contributed by atoms with Gasteiger partial charge >= 0.3 is 5.69 Å². The second kappa shape index (κ2) is 6.35. The Balaban J connectivity index is 3.04. The van der Waals surface area contributed by atoms with Crippen LogP contribution in [0.25, 0.3) is 0 Å². The van der Waals surface area contributed by atoms with E-state index in [-0.39, 0.29) is 24.7 Å². The maximum Gasteiger partial charge on any atom is 0.311 e. The van der Waals surface area contributed by atoms with Crippen molar-refractivity contribution < 1.29 is 19.9 Å². The van der Waals surface area contributed by atoms with Crippen molar-refractivity contribution in [2.24, 2.45) is 0 Å². The third-order valence-corrected chi connectivity index (χ3v) is 2.60. The lowest BCUT2D eigenvalue weighted by atomic mass is 10.0. The Morgan fingerprint density at radius 3 is 2.53 bits per heavy atom. The van der Waals surface area contributed by atoms with Crippen molar-refractivity contribution in [2.75, 3.05) is 25.1 Å². The van der Waals surface area contributed by atoms with E-state index < -0.39 is 10.5 Å². The van der Waals surface area contributed by atoms with Crippen LogP contribution in [-0.4, -0.2) is 40.5 Å². The highest BCUT2D eigenvalue weighted by Crippen LogP contribution is 2.31. The number of aliphatic hydroxyl groups is 2. The molecule has 0 unspecified atom stereocenters. The molecule has 0 spiro atoms. The van der Waals surface area contributed by atoms with E-state index in [1.54, 1.807) is 13.8 Å². The number of hydrogen-bond acceptors (Lipinski definition) is 6. The average Bonchev–Trinajstić information content (AvgIpc) is 2.39. The minimum Gasteiger partial charge on any atom is -0.487 e. The maximum atomic E-state index is 10.8. The van der Waals surface area contributed by atoms with Gasteiger partial charge in [-0.15, -0.1) is 0 Å². The highest BCUT2D eigenvalue weighted by molar-refractivity contribution is 5.58. The normalized spacial score (nSPS) is 11.2. The lowest BCUT2D eigenvalue weighted by Gasteiger charge is -2.27. The molecule has 0 aliphatic carbocycles.